The SMILES string of the molecule is CCN(CC)c1ccc(N2C(=O)C(Nc3ccc(F)c(F)c3)=C(c3cccs3)C2=O)cc1. The van der Waals surface area contributed by atoms with Crippen LogP contribution in [0.4, 0.5) is 25.8 Å². The molecular formula is C24H21F2N3O2S. The Bertz CT molecular complexity index is 1190. The molecule has 2 aromatic carbocycles. The van der Waals surface area contributed by atoms with Crippen molar-refractivity contribution in [2.45, 2.75) is 13.8 Å². The lowest BCUT2D eigenvalue weighted by Gasteiger charge is -2.22. The summed E-state index contributed by atoms with van der Waals surface area (Å²) in [4.78, 5) is 30.5. The Kier molecular flexibility index (Phi) is 6.05. The van der Waals surface area contributed by atoms with Crippen LogP contribution < -0.4 is 15.1 Å². The summed E-state index contributed by atoms with van der Waals surface area (Å²) < 4.78 is 27.0. The average Bonchev–Trinajstić information content (AvgIpc) is 3.39. The zero-order chi connectivity index (χ0) is 22.8. The van der Waals surface area contributed by atoms with Crippen LogP contribution in [0.25, 0.3) is 5.57 Å². The zero-order valence-corrected chi connectivity index (χ0v) is 18.4. The van der Waals surface area contributed by atoms with E-state index in [4.69, 9.17) is 0 Å². The molecule has 0 spiro atoms. The number of amides is 2. The molecule has 3 aromatic rings. The largest absolute Gasteiger partial charge is 0.372 e. The molecular weight excluding hydrogens is 432 g/mol. The molecule has 1 N–H and O–H groups in total. The average molecular weight is 454 g/mol. The number of rotatable bonds is 7. The van der Waals surface area contributed by atoms with Gasteiger partial charge in [0.05, 0.1) is 11.3 Å². The standard InChI is InChI=1S/C24H21F2N3O2S/c1-3-28(4-2)16-8-10-17(11-9-16)29-23(30)21(20-6-5-13-32-20)22(24(29)31)27-15-7-12-18(25)19(26)14-15/h5-14,27H,3-4H2,1-2H3. The summed E-state index contributed by atoms with van der Waals surface area (Å²) in [7, 11) is 0. The summed E-state index contributed by atoms with van der Waals surface area (Å²) in [6.45, 7) is 5.78. The van der Waals surface area contributed by atoms with Crippen LogP contribution >= 0.6 is 11.3 Å². The summed E-state index contributed by atoms with van der Waals surface area (Å²) >= 11 is 1.32. The third-order valence-corrected chi connectivity index (χ3v) is 6.16. The number of thiophene rings is 1. The number of halogens is 2. The predicted octanol–water partition coefficient (Wildman–Crippen LogP) is 5.27. The predicted molar refractivity (Wildman–Crippen MR) is 124 cm³/mol. The third-order valence-electron chi connectivity index (χ3n) is 5.28. The van der Waals surface area contributed by atoms with Crippen molar-refractivity contribution in [1.29, 1.82) is 0 Å². The van der Waals surface area contributed by atoms with Crippen molar-refractivity contribution in [2.75, 3.05) is 28.2 Å². The van der Waals surface area contributed by atoms with Crippen LogP contribution in [0.5, 0.6) is 0 Å². The summed E-state index contributed by atoms with van der Waals surface area (Å²) in [6.07, 6.45) is 0. The van der Waals surface area contributed by atoms with Crippen LogP contribution in [0, 0.1) is 11.6 Å². The minimum absolute atomic E-state index is 0.0243. The highest BCUT2D eigenvalue weighted by Gasteiger charge is 2.40. The molecule has 0 fully saturated rings. The summed E-state index contributed by atoms with van der Waals surface area (Å²) in [5.74, 6) is -3.07. The van der Waals surface area contributed by atoms with Crippen LogP contribution in [0.3, 0.4) is 0 Å². The van der Waals surface area contributed by atoms with Crippen molar-refractivity contribution >= 4 is 45.8 Å². The second-order valence-corrected chi connectivity index (χ2v) is 8.06. The highest BCUT2D eigenvalue weighted by Crippen LogP contribution is 2.36. The minimum Gasteiger partial charge on any atom is -0.372 e. The lowest BCUT2D eigenvalue weighted by Crippen LogP contribution is -2.32. The molecule has 164 valence electrons. The van der Waals surface area contributed by atoms with E-state index in [0.29, 0.717) is 10.6 Å². The molecule has 0 unspecified atom stereocenters. The molecule has 0 radical (unpaired) electrons. The molecule has 2 amide bonds. The van der Waals surface area contributed by atoms with Gasteiger partial charge in [0.25, 0.3) is 11.8 Å². The highest BCUT2D eigenvalue weighted by atomic mass is 32.1. The van der Waals surface area contributed by atoms with Gasteiger partial charge in [-0.25, -0.2) is 13.7 Å². The molecule has 4 rings (SSSR count). The van der Waals surface area contributed by atoms with Gasteiger partial charge in [-0.15, -0.1) is 11.3 Å². The van der Waals surface area contributed by atoms with Gasteiger partial charge in [-0.3, -0.25) is 9.59 Å². The number of hydrogen-bond donors (Lipinski definition) is 1. The van der Waals surface area contributed by atoms with Gasteiger partial charge >= 0.3 is 0 Å². The minimum atomic E-state index is -1.05. The third kappa shape index (κ3) is 3.89. The Morgan fingerprint density at radius 3 is 2.25 bits per heavy atom. The van der Waals surface area contributed by atoms with Crippen molar-refractivity contribution in [3.8, 4) is 0 Å². The van der Waals surface area contributed by atoms with Crippen molar-refractivity contribution < 1.29 is 18.4 Å². The second-order valence-electron chi connectivity index (χ2n) is 7.12. The molecule has 0 bridgehead atoms. The number of benzene rings is 2. The van der Waals surface area contributed by atoms with E-state index in [1.807, 2.05) is 12.1 Å². The fraction of sp³-hybridized carbons (Fsp3) is 0.167. The van der Waals surface area contributed by atoms with E-state index in [0.717, 1.165) is 35.8 Å². The Balaban J connectivity index is 1.71. The topological polar surface area (TPSA) is 52.6 Å². The molecule has 2 heterocycles. The van der Waals surface area contributed by atoms with Crippen LogP contribution in [0.15, 0.2) is 65.7 Å². The van der Waals surface area contributed by atoms with E-state index < -0.39 is 23.4 Å². The first kappa shape index (κ1) is 21.7. The number of nitrogens with zero attached hydrogens (tertiary/aromatic N) is 2. The monoisotopic (exact) mass is 453 g/mol. The number of carbonyl (C=O) groups excluding carboxylic acids is 2. The molecule has 0 atom stereocenters. The summed E-state index contributed by atoms with van der Waals surface area (Å²) in [5.41, 5.74) is 1.82. The van der Waals surface area contributed by atoms with Gasteiger partial charge in [0.2, 0.25) is 0 Å². The lowest BCUT2D eigenvalue weighted by atomic mass is 10.2. The molecule has 1 aliphatic heterocycles. The lowest BCUT2D eigenvalue weighted by molar-refractivity contribution is -0.120. The summed E-state index contributed by atoms with van der Waals surface area (Å²) in [5, 5.41) is 4.64. The maximum absolute atomic E-state index is 13.7. The maximum atomic E-state index is 13.7. The smallest absolute Gasteiger partial charge is 0.282 e. The second kappa shape index (κ2) is 8.92. The molecule has 0 saturated carbocycles. The molecule has 32 heavy (non-hydrogen) atoms. The van der Waals surface area contributed by atoms with E-state index in [9.17, 15) is 18.4 Å². The molecule has 0 saturated heterocycles. The van der Waals surface area contributed by atoms with Gasteiger partial charge in [-0.2, -0.15) is 0 Å². The van der Waals surface area contributed by atoms with Gasteiger partial charge in [-0.1, -0.05) is 6.07 Å². The molecule has 8 heteroatoms. The van der Waals surface area contributed by atoms with Crippen LogP contribution in [0.1, 0.15) is 18.7 Å². The van der Waals surface area contributed by atoms with Gasteiger partial charge < -0.3 is 10.2 Å². The fourth-order valence-corrected chi connectivity index (χ4v) is 4.42. The first-order valence-electron chi connectivity index (χ1n) is 10.2. The van der Waals surface area contributed by atoms with E-state index in [-0.39, 0.29) is 17.0 Å². The van der Waals surface area contributed by atoms with Crippen molar-refractivity contribution in [3.63, 3.8) is 0 Å². The Labute approximate surface area is 188 Å². The van der Waals surface area contributed by atoms with Gasteiger partial charge in [0.15, 0.2) is 11.6 Å². The first-order chi connectivity index (χ1) is 15.4. The van der Waals surface area contributed by atoms with Crippen LogP contribution in [-0.2, 0) is 9.59 Å². The van der Waals surface area contributed by atoms with Crippen LogP contribution in [-0.4, -0.2) is 24.9 Å². The molecule has 5 nitrogen and oxygen atoms in total. The van der Waals surface area contributed by atoms with E-state index in [1.165, 1.54) is 17.4 Å². The van der Waals surface area contributed by atoms with Gasteiger partial charge in [0.1, 0.15) is 5.70 Å². The van der Waals surface area contributed by atoms with Gasteiger partial charge in [-0.05, 0) is 61.7 Å². The van der Waals surface area contributed by atoms with Crippen molar-refractivity contribution in [3.05, 3.63) is 82.2 Å². The Morgan fingerprint density at radius 2 is 1.66 bits per heavy atom. The van der Waals surface area contributed by atoms with Crippen molar-refractivity contribution in [1.82, 2.24) is 0 Å². The number of imide groups is 1. The zero-order valence-electron chi connectivity index (χ0n) is 17.6. The van der Waals surface area contributed by atoms with Gasteiger partial charge in [0, 0.05) is 35.4 Å². The van der Waals surface area contributed by atoms with E-state index in [1.54, 1.807) is 29.6 Å². The summed E-state index contributed by atoms with van der Waals surface area (Å²) in [6, 6.07) is 14.0. The Morgan fingerprint density at radius 1 is 0.938 bits per heavy atom. The molecule has 1 aliphatic rings. The fourth-order valence-electron chi connectivity index (χ4n) is 3.65. The Hall–Kier alpha value is -3.52. The normalized spacial score (nSPS) is 13.8. The maximum Gasteiger partial charge on any atom is 0.282 e. The molecule has 1 aromatic heterocycles. The molecule has 0 aliphatic carbocycles. The van der Waals surface area contributed by atoms with Crippen LogP contribution in [0.2, 0.25) is 0 Å². The number of carbonyl (C=O) groups is 2. The van der Waals surface area contributed by atoms with E-state index >= 15 is 0 Å². The van der Waals surface area contributed by atoms with Crippen molar-refractivity contribution in [2.24, 2.45) is 0 Å². The number of hydrogen-bond acceptors (Lipinski definition) is 5. The first-order valence-corrected chi connectivity index (χ1v) is 11.1. The number of anilines is 3. The quantitative estimate of drug-likeness (QED) is 0.495. The number of nitrogens with one attached hydrogen (secondary N) is 1. The highest BCUT2D eigenvalue weighted by molar-refractivity contribution is 7.11. The van der Waals surface area contributed by atoms with E-state index in [2.05, 4.69) is 24.1 Å².